The van der Waals surface area contributed by atoms with Crippen LogP contribution in [-0.2, 0) is 4.79 Å². The van der Waals surface area contributed by atoms with Crippen LogP contribution >= 0.6 is 0 Å². The molecule has 3 N–H and O–H groups in total. The molecule has 0 spiro atoms. The molecule has 3 unspecified atom stereocenters. The van der Waals surface area contributed by atoms with E-state index < -0.39 is 0 Å². The van der Waals surface area contributed by atoms with Crippen LogP contribution in [0, 0.1) is 12.3 Å². The van der Waals surface area contributed by atoms with Crippen molar-refractivity contribution in [3.05, 3.63) is 0 Å². The molecular weight excluding hydrogens is 192 g/mol. The Morgan fingerprint density at radius 3 is 2.53 bits per heavy atom. The lowest BCUT2D eigenvalue weighted by molar-refractivity contribution is -0.122. The molecule has 3 atom stereocenters. The van der Waals surface area contributed by atoms with E-state index in [0.717, 1.165) is 0 Å². The first-order chi connectivity index (χ1) is 6.97. The summed E-state index contributed by atoms with van der Waals surface area (Å²) in [5.41, 5.74) is 0. The molecule has 4 nitrogen and oxygen atoms in total. The van der Waals surface area contributed by atoms with E-state index in [0.29, 0.717) is 6.42 Å². The number of terminal acetylenes is 1. The third-order valence-electron chi connectivity index (χ3n) is 1.99. The van der Waals surface area contributed by atoms with Gasteiger partial charge in [-0.1, -0.05) is 5.92 Å². The third-order valence-corrected chi connectivity index (χ3v) is 1.99. The van der Waals surface area contributed by atoms with E-state index in [1.807, 2.05) is 6.92 Å². The zero-order valence-electron chi connectivity index (χ0n) is 9.58. The smallest absolute Gasteiger partial charge is 0.237 e. The zero-order chi connectivity index (χ0) is 11.8. The molecule has 0 aromatic heterocycles. The molecule has 15 heavy (non-hydrogen) atoms. The van der Waals surface area contributed by atoms with Crippen molar-refractivity contribution in [2.45, 2.75) is 45.4 Å². The van der Waals surface area contributed by atoms with Crippen LogP contribution < -0.4 is 10.6 Å². The van der Waals surface area contributed by atoms with Gasteiger partial charge >= 0.3 is 0 Å². The first-order valence-corrected chi connectivity index (χ1v) is 5.12. The van der Waals surface area contributed by atoms with Crippen LogP contribution in [0.25, 0.3) is 0 Å². The average molecular weight is 212 g/mol. The molecule has 0 saturated heterocycles. The number of rotatable bonds is 6. The van der Waals surface area contributed by atoms with E-state index in [9.17, 15) is 4.79 Å². The number of aliphatic hydroxyl groups is 1. The van der Waals surface area contributed by atoms with Gasteiger partial charge in [-0.3, -0.25) is 4.79 Å². The average Bonchev–Trinajstić information content (AvgIpc) is 2.12. The molecule has 0 bridgehead atoms. The van der Waals surface area contributed by atoms with Gasteiger partial charge in [-0.25, -0.2) is 0 Å². The molecule has 0 aromatic rings. The van der Waals surface area contributed by atoms with Gasteiger partial charge in [0.25, 0.3) is 0 Å². The van der Waals surface area contributed by atoms with Crippen LogP contribution in [-0.4, -0.2) is 35.7 Å². The summed E-state index contributed by atoms with van der Waals surface area (Å²) in [5.74, 6) is 2.22. The summed E-state index contributed by atoms with van der Waals surface area (Å²) in [6.45, 7) is 5.67. The Kier molecular flexibility index (Phi) is 6.76. The quantitative estimate of drug-likeness (QED) is 0.538. The van der Waals surface area contributed by atoms with Gasteiger partial charge in [-0.15, -0.1) is 6.42 Å². The fourth-order valence-corrected chi connectivity index (χ4v) is 1.37. The van der Waals surface area contributed by atoms with Crippen LogP contribution in [0.15, 0.2) is 0 Å². The van der Waals surface area contributed by atoms with Crippen molar-refractivity contribution in [3.8, 4) is 12.3 Å². The Labute approximate surface area is 91.4 Å². The van der Waals surface area contributed by atoms with E-state index in [4.69, 9.17) is 11.5 Å². The maximum Gasteiger partial charge on any atom is 0.237 e. The van der Waals surface area contributed by atoms with E-state index in [1.54, 1.807) is 13.8 Å². The van der Waals surface area contributed by atoms with E-state index in [1.165, 1.54) is 0 Å². The molecule has 0 heterocycles. The van der Waals surface area contributed by atoms with Crippen molar-refractivity contribution >= 4 is 5.91 Å². The topological polar surface area (TPSA) is 61.4 Å². The fourth-order valence-electron chi connectivity index (χ4n) is 1.37. The number of nitrogens with one attached hydrogen (secondary N) is 2. The van der Waals surface area contributed by atoms with Crippen molar-refractivity contribution in [3.63, 3.8) is 0 Å². The molecular formula is C11H20N2O2. The third kappa shape index (κ3) is 6.95. The highest BCUT2D eigenvalue weighted by molar-refractivity contribution is 5.81. The van der Waals surface area contributed by atoms with Gasteiger partial charge in [0, 0.05) is 6.04 Å². The Bertz CT molecular complexity index is 233. The lowest BCUT2D eigenvalue weighted by Crippen LogP contribution is -2.46. The first kappa shape index (κ1) is 13.9. The predicted octanol–water partition coefficient (Wildman–Crippen LogP) is -0.127. The molecule has 0 aliphatic heterocycles. The molecule has 4 heteroatoms. The van der Waals surface area contributed by atoms with Gasteiger partial charge < -0.3 is 15.7 Å². The normalized spacial score (nSPS) is 16.2. The second kappa shape index (κ2) is 7.27. The molecule has 0 aliphatic rings. The molecule has 0 fully saturated rings. The highest BCUT2D eigenvalue weighted by atomic mass is 16.3. The molecule has 0 radical (unpaired) electrons. The van der Waals surface area contributed by atoms with E-state index in [-0.39, 0.29) is 30.6 Å². The fraction of sp³-hybridized carbons (Fsp3) is 0.727. The molecule has 0 rings (SSSR count). The maximum atomic E-state index is 11.4. The van der Waals surface area contributed by atoms with Crippen LogP contribution in [0.1, 0.15) is 27.2 Å². The minimum atomic E-state index is -0.367. The van der Waals surface area contributed by atoms with Crippen LogP contribution in [0.2, 0.25) is 0 Å². The summed E-state index contributed by atoms with van der Waals surface area (Å²) in [4.78, 5) is 11.4. The highest BCUT2D eigenvalue weighted by Gasteiger charge is 2.15. The van der Waals surface area contributed by atoms with Gasteiger partial charge in [0.05, 0.1) is 18.7 Å². The summed E-state index contributed by atoms with van der Waals surface area (Å²) in [6.07, 6.45) is 5.28. The van der Waals surface area contributed by atoms with E-state index in [2.05, 4.69) is 16.6 Å². The maximum absolute atomic E-state index is 11.4. The number of carbonyl (C=O) groups is 1. The molecule has 0 saturated carbocycles. The molecule has 0 aliphatic carbocycles. The van der Waals surface area contributed by atoms with Crippen molar-refractivity contribution in [1.82, 2.24) is 10.6 Å². The van der Waals surface area contributed by atoms with Crippen LogP contribution in [0.4, 0.5) is 0 Å². The predicted molar refractivity (Wildman–Crippen MR) is 60.2 cm³/mol. The first-order valence-electron chi connectivity index (χ1n) is 5.12. The Morgan fingerprint density at radius 1 is 1.47 bits per heavy atom. The van der Waals surface area contributed by atoms with Gasteiger partial charge in [0.1, 0.15) is 0 Å². The standard InChI is InChI=1S/C11H20N2O2/c1-5-6-12-11(15)10(4)13-8(2)7-9(3)14/h1,8-10,13-14H,6-7H2,2-4H3,(H,12,15). The van der Waals surface area contributed by atoms with Gasteiger partial charge in [-0.05, 0) is 27.2 Å². The van der Waals surface area contributed by atoms with Crippen LogP contribution in [0.3, 0.4) is 0 Å². The number of amides is 1. The second-order valence-corrected chi connectivity index (χ2v) is 3.80. The minimum absolute atomic E-state index is 0.0941. The molecule has 86 valence electrons. The second-order valence-electron chi connectivity index (χ2n) is 3.80. The molecule has 0 aromatic carbocycles. The monoisotopic (exact) mass is 212 g/mol. The molecule has 1 amide bonds. The number of hydrogen-bond acceptors (Lipinski definition) is 3. The van der Waals surface area contributed by atoms with Gasteiger partial charge in [0.15, 0.2) is 0 Å². The van der Waals surface area contributed by atoms with Crippen molar-refractivity contribution in [2.75, 3.05) is 6.54 Å². The van der Waals surface area contributed by atoms with Crippen molar-refractivity contribution in [2.24, 2.45) is 0 Å². The minimum Gasteiger partial charge on any atom is -0.393 e. The summed E-state index contributed by atoms with van der Waals surface area (Å²) in [6, 6.07) is -0.205. The summed E-state index contributed by atoms with van der Waals surface area (Å²) in [7, 11) is 0. The largest absolute Gasteiger partial charge is 0.393 e. The summed E-state index contributed by atoms with van der Waals surface area (Å²) >= 11 is 0. The number of hydrogen-bond donors (Lipinski definition) is 3. The van der Waals surface area contributed by atoms with Crippen molar-refractivity contribution in [1.29, 1.82) is 0 Å². The SMILES string of the molecule is C#CCNC(=O)C(C)NC(C)CC(C)O. The summed E-state index contributed by atoms with van der Waals surface area (Å²) in [5, 5.41) is 14.8. The Hall–Kier alpha value is -1.05. The Morgan fingerprint density at radius 2 is 2.07 bits per heavy atom. The zero-order valence-corrected chi connectivity index (χ0v) is 9.58. The Balaban J connectivity index is 3.86. The number of carbonyl (C=O) groups excluding carboxylic acids is 1. The van der Waals surface area contributed by atoms with Gasteiger partial charge in [0.2, 0.25) is 5.91 Å². The lowest BCUT2D eigenvalue weighted by Gasteiger charge is -2.20. The summed E-state index contributed by atoms with van der Waals surface area (Å²) < 4.78 is 0. The van der Waals surface area contributed by atoms with E-state index >= 15 is 0 Å². The lowest BCUT2D eigenvalue weighted by atomic mass is 10.1. The van der Waals surface area contributed by atoms with Crippen LogP contribution in [0.5, 0.6) is 0 Å². The van der Waals surface area contributed by atoms with Crippen molar-refractivity contribution < 1.29 is 9.90 Å². The number of aliphatic hydroxyl groups excluding tert-OH is 1. The highest BCUT2D eigenvalue weighted by Crippen LogP contribution is 1.98. The van der Waals surface area contributed by atoms with Gasteiger partial charge in [-0.2, -0.15) is 0 Å².